The first-order chi connectivity index (χ1) is 11.0. The van der Waals surface area contributed by atoms with Crippen molar-refractivity contribution < 1.29 is 4.40 Å². The first kappa shape index (κ1) is 15.5. The number of aromatic nitrogens is 1. The summed E-state index contributed by atoms with van der Waals surface area (Å²) >= 11 is 0. The van der Waals surface area contributed by atoms with Gasteiger partial charge in [-0.2, -0.15) is 4.40 Å². The fourth-order valence-electron chi connectivity index (χ4n) is 1.81. The third kappa shape index (κ3) is 6.02. The summed E-state index contributed by atoms with van der Waals surface area (Å²) in [7, 11) is 0. The molecule has 0 amide bonds. The van der Waals surface area contributed by atoms with Crippen molar-refractivity contribution in [3.05, 3.63) is 122 Å². The number of pyridine rings is 2. The van der Waals surface area contributed by atoms with Gasteiger partial charge in [-0.25, -0.2) is 0 Å². The van der Waals surface area contributed by atoms with E-state index in [0.29, 0.717) is 0 Å². The van der Waals surface area contributed by atoms with Crippen molar-refractivity contribution >= 4 is 5.52 Å². The minimum atomic E-state index is 1.23. The first-order valence-corrected chi connectivity index (χ1v) is 7.32. The Balaban J connectivity index is 0.000000128. The lowest BCUT2D eigenvalue weighted by Gasteiger charge is -1.85. The molecular formula is C21H20N+. The van der Waals surface area contributed by atoms with Gasteiger partial charge in [0, 0.05) is 24.3 Å². The second-order valence-electron chi connectivity index (χ2n) is 4.54. The van der Waals surface area contributed by atoms with Crippen molar-refractivity contribution in [3.8, 4) is 0 Å². The van der Waals surface area contributed by atoms with Crippen molar-refractivity contribution in [3.63, 3.8) is 0 Å². The molecule has 0 spiro atoms. The maximum Gasteiger partial charge on any atom is 0.210 e. The molecule has 4 rings (SSSR count). The van der Waals surface area contributed by atoms with E-state index in [9.17, 15) is 0 Å². The summed E-state index contributed by atoms with van der Waals surface area (Å²) in [5.41, 5.74) is 1.23. The molecule has 0 bridgehead atoms. The molecule has 2 aromatic heterocycles. The summed E-state index contributed by atoms with van der Waals surface area (Å²) in [6.07, 6.45) is 4.07. The largest absolute Gasteiger partial charge is 0.210 e. The van der Waals surface area contributed by atoms with E-state index in [0.717, 1.165) is 0 Å². The van der Waals surface area contributed by atoms with Crippen molar-refractivity contribution in [1.82, 2.24) is 0 Å². The molecule has 0 atom stereocenters. The zero-order chi connectivity index (χ0) is 15.3. The van der Waals surface area contributed by atoms with Crippen molar-refractivity contribution in [2.45, 2.75) is 0 Å². The van der Waals surface area contributed by atoms with E-state index in [1.165, 1.54) is 5.52 Å². The summed E-state index contributed by atoms with van der Waals surface area (Å²) in [5, 5.41) is 0. The van der Waals surface area contributed by atoms with Crippen LogP contribution in [0.1, 0.15) is 0 Å². The molecule has 0 aliphatic heterocycles. The van der Waals surface area contributed by atoms with E-state index in [2.05, 4.69) is 16.5 Å². The molecule has 22 heavy (non-hydrogen) atoms. The van der Waals surface area contributed by atoms with Gasteiger partial charge in [0.05, 0.1) is 0 Å². The predicted molar refractivity (Wildman–Crippen MR) is 92.5 cm³/mol. The normalized spacial score (nSPS) is 8.91. The highest BCUT2D eigenvalue weighted by atomic mass is 14.8. The molecule has 0 fully saturated rings. The van der Waals surface area contributed by atoms with Gasteiger partial charge in [0.2, 0.25) is 5.52 Å². The third-order valence-electron chi connectivity index (χ3n) is 2.88. The van der Waals surface area contributed by atoms with Crippen LogP contribution in [0.5, 0.6) is 0 Å². The standard InChI is InChI=1S/C9H8N.2C6H6/c1-3-7-10-8-4-2-6-9(10)5-1;2*1-2-4-6-5-3-1/h1-8H;2*1-6H/q+1;;. The van der Waals surface area contributed by atoms with Crippen LogP contribution in [0.15, 0.2) is 122 Å². The number of hydrogen-bond donors (Lipinski definition) is 0. The minimum absolute atomic E-state index is 1.23. The average Bonchev–Trinajstić information content (AvgIpc) is 2.66. The van der Waals surface area contributed by atoms with E-state index in [1.807, 2.05) is 109 Å². The molecule has 0 aliphatic rings. The summed E-state index contributed by atoms with van der Waals surface area (Å²) in [6, 6.07) is 36.3. The Bertz CT molecular complexity index is 586. The maximum absolute atomic E-state index is 2.08. The molecule has 4 aromatic rings. The van der Waals surface area contributed by atoms with Crippen molar-refractivity contribution in [2.75, 3.05) is 0 Å². The van der Waals surface area contributed by atoms with Gasteiger partial charge >= 0.3 is 0 Å². The number of rotatable bonds is 0. The van der Waals surface area contributed by atoms with Crippen LogP contribution in [-0.4, -0.2) is 0 Å². The van der Waals surface area contributed by atoms with Gasteiger partial charge in [-0.3, -0.25) is 0 Å². The van der Waals surface area contributed by atoms with Crippen LogP contribution in [0, 0.1) is 0 Å². The molecule has 1 nitrogen and oxygen atoms in total. The second-order valence-corrected chi connectivity index (χ2v) is 4.54. The number of benzene rings is 2. The zero-order valence-electron chi connectivity index (χ0n) is 12.5. The summed E-state index contributed by atoms with van der Waals surface area (Å²) in [6.45, 7) is 0. The van der Waals surface area contributed by atoms with E-state index in [1.54, 1.807) is 0 Å². The first-order valence-electron chi connectivity index (χ1n) is 7.32. The smallest absolute Gasteiger partial charge is 0.167 e. The Morgan fingerprint density at radius 3 is 0.955 bits per heavy atom. The van der Waals surface area contributed by atoms with Crippen LogP contribution in [-0.2, 0) is 0 Å². The lowest BCUT2D eigenvalue weighted by molar-refractivity contribution is -0.511. The van der Waals surface area contributed by atoms with Gasteiger partial charge in [-0.05, 0) is 12.1 Å². The number of fused-ring (bicyclic) bond motifs is 1. The fraction of sp³-hybridized carbons (Fsp3) is 0. The highest BCUT2D eigenvalue weighted by Crippen LogP contribution is 1.92. The van der Waals surface area contributed by atoms with Crippen LogP contribution < -0.4 is 4.40 Å². The summed E-state index contributed by atoms with van der Waals surface area (Å²) in [5.74, 6) is 0. The molecular weight excluding hydrogens is 266 g/mol. The molecule has 0 radical (unpaired) electrons. The fourth-order valence-corrected chi connectivity index (χ4v) is 1.81. The van der Waals surface area contributed by atoms with E-state index in [-0.39, 0.29) is 0 Å². The molecule has 108 valence electrons. The molecule has 0 aliphatic carbocycles. The Kier molecular flexibility index (Phi) is 6.95. The number of nitrogens with zero attached hydrogens (tertiary/aromatic N) is 1. The Morgan fingerprint density at radius 2 is 0.682 bits per heavy atom. The molecule has 0 saturated carbocycles. The number of hydrogen-bond acceptors (Lipinski definition) is 0. The second kappa shape index (κ2) is 9.89. The summed E-state index contributed by atoms with van der Waals surface area (Å²) < 4.78 is 2.08. The molecule has 2 heterocycles. The minimum Gasteiger partial charge on any atom is -0.167 e. The van der Waals surface area contributed by atoms with Gasteiger partial charge in [-0.1, -0.05) is 72.8 Å². The lowest BCUT2D eigenvalue weighted by atomic mass is 10.3. The Hall–Kier alpha value is -2.93. The highest BCUT2D eigenvalue weighted by Gasteiger charge is 1.93. The van der Waals surface area contributed by atoms with Gasteiger partial charge in [0.1, 0.15) is 0 Å². The SMILES string of the molecule is c1cc[n+]2ccccc2c1.c1ccccc1.c1ccccc1. The molecule has 0 N–H and O–H groups in total. The molecule has 2 aromatic carbocycles. The zero-order valence-corrected chi connectivity index (χ0v) is 12.5. The van der Waals surface area contributed by atoms with Gasteiger partial charge in [0.25, 0.3) is 0 Å². The Morgan fingerprint density at radius 1 is 0.364 bits per heavy atom. The lowest BCUT2D eigenvalue weighted by Crippen LogP contribution is -2.18. The quantitative estimate of drug-likeness (QED) is 0.409. The van der Waals surface area contributed by atoms with Crippen LogP contribution in [0.25, 0.3) is 5.52 Å². The Labute approximate surface area is 132 Å². The highest BCUT2D eigenvalue weighted by molar-refractivity contribution is 5.36. The van der Waals surface area contributed by atoms with E-state index >= 15 is 0 Å². The molecule has 1 heteroatoms. The average molecular weight is 286 g/mol. The molecule has 0 saturated heterocycles. The van der Waals surface area contributed by atoms with E-state index < -0.39 is 0 Å². The van der Waals surface area contributed by atoms with Crippen LogP contribution in [0.3, 0.4) is 0 Å². The van der Waals surface area contributed by atoms with Crippen LogP contribution >= 0.6 is 0 Å². The van der Waals surface area contributed by atoms with Gasteiger partial charge in [-0.15, -0.1) is 0 Å². The molecule has 0 unspecified atom stereocenters. The van der Waals surface area contributed by atoms with Gasteiger partial charge in [0.15, 0.2) is 12.4 Å². The van der Waals surface area contributed by atoms with Gasteiger partial charge < -0.3 is 0 Å². The van der Waals surface area contributed by atoms with Crippen molar-refractivity contribution in [2.24, 2.45) is 0 Å². The summed E-state index contributed by atoms with van der Waals surface area (Å²) in [4.78, 5) is 0. The monoisotopic (exact) mass is 286 g/mol. The van der Waals surface area contributed by atoms with Crippen LogP contribution in [0.4, 0.5) is 0 Å². The topological polar surface area (TPSA) is 4.10 Å². The van der Waals surface area contributed by atoms with Crippen LogP contribution in [0.2, 0.25) is 0 Å². The van der Waals surface area contributed by atoms with Crippen molar-refractivity contribution in [1.29, 1.82) is 0 Å². The maximum atomic E-state index is 2.08. The predicted octanol–water partition coefficient (Wildman–Crippen LogP) is 4.80. The third-order valence-corrected chi connectivity index (χ3v) is 2.88. The van der Waals surface area contributed by atoms with E-state index in [4.69, 9.17) is 0 Å².